The van der Waals surface area contributed by atoms with Crippen molar-refractivity contribution in [3.8, 4) is 16.9 Å². The number of rotatable bonds is 4. The van der Waals surface area contributed by atoms with Crippen LogP contribution >= 0.6 is 11.8 Å². The van der Waals surface area contributed by atoms with E-state index < -0.39 is 0 Å². The molecule has 2 aliphatic carbocycles. The van der Waals surface area contributed by atoms with Gasteiger partial charge in [-0.1, -0.05) is 127 Å². The van der Waals surface area contributed by atoms with Gasteiger partial charge in [0.2, 0.25) is 0 Å². The van der Waals surface area contributed by atoms with Gasteiger partial charge in [-0.25, -0.2) is 0 Å². The molecule has 3 unspecified atom stereocenters. The third-order valence-corrected chi connectivity index (χ3v) is 12.3. The Morgan fingerprint density at radius 1 is 0.588 bits per heavy atom. The normalized spacial score (nSPS) is 19.5. The molecule has 0 bridgehead atoms. The summed E-state index contributed by atoms with van der Waals surface area (Å²) in [6, 6.07) is 47.5. The van der Waals surface area contributed by atoms with E-state index in [1.165, 1.54) is 70.1 Å². The van der Waals surface area contributed by atoms with E-state index in [9.17, 15) is 0 Å². The van der Waals surface area contributed by atoms with Crippen LogP contribution in [-0.4, -0.2) is 6.10 Å². The molecule has 4 aliphatic rings. The monoisotopic (exact) mass is 671 g/mol. The summed E-state index contributed by atoms with van der Waals surface area (Å²) in [5, 5.41) is 7.72. The van der Waals surface area contributed by atoms with Crippen molar-refractivity contribution in [3.63, 3.8) is 0 Å². The van der Waals surface area contributed by atoms with E-state index in [1.54, 1.807) is 0 Å². The van der Waals surface area contributed by atoms with E-state index in [1.807, 2.05) is 11.8 Å². The zero-order chi connectivity index (χ0) is 33.5. The first-order valence-corrected chi connectivity index (χ1v) is 18.7. The van der Waals surface area contributed by atoms with Crippen LogP contribution in [0.1, 0.15) is 29.4 Å². The van der Waals surface area contributed by atoms with Gasteiger partial charge in [0.05, 0.1) is 0 Å². The highest BCUT2D eigenvalue weighted by Crippen LogP contribution is 2.53. The molecule has 3 atom stereocenters. The second-order valence-electron chi connectivity index (χ2n) is 14.0. The highest BCUT2D eigenvalue weighted by Gasteiger charge is 2.33. The van der Waals surface area contributed by atoms with Gasteiger partial charge in [-0.2, -0.15) is 0 Å². The van der Waals surface area contributed by atoms with Crippen LogP contribution in [0, 0.1) is 0 Å². The number of ether oxygens (including phenoxy) is 1. The van der Waals surface area contributed by atoms with E-state index in [0.29, 0.717) is 5.92 Å². The molecule has 2 heterocycles. The zero-order valence-corrected chi connectivity index (χ0v) is 28.7. The van der Waals surface area contributed by atoms with Gasteiger partial charge < -0.3 is 9.64 Å². The molecular formula is C48H33NOS. The van der Waals surface area contributed by atoms with Crippen molar-refractivity contribution in [3.05, 3.63) is 186 Å². The summed E-state index contributed by atoms with van der Waals surface area (Å²) in [4.78, 5) is 5.22. The SMILES string of the molecule is C1=CCC2C(=C1)Sc1cc(N(c3ccc(-c4ccc5ccc6ccc7ccccc7c6c5c4)cc3)c3ccc4c(c3)C3C=CC=CC3O4)ccc12. The second kappa shape index (κ2) is 11.4. The molecule has 3 heteroatoms. The van der Waals surface area contributed by atoms with E-state index in [4.69, 9.17) is 4.74 Å². The van der Waals surface area contributed by atoms with Crippen molar-refractivity contribution in [2.24, 2.45) is 0 Å². The molecule has 7 aromatic carbocycles. The van der Waals surface area contributed by atoms with Crippen LogP contribution in [0.5, 0.6) is 5.75 Å². The first kappa shape index (κ1) is 29.0. The molecule has 0 saturated carbocycles. The Balaban J connectivity index is 1.02. The average Bonchev–Trinajstić information content (AvgIpc) is 3.75. The predicted octanol–water partition coefficient (Wildman–Crippen LogP) is 13.3. The molecule has 242 valence electrons. The van der Waals surface area contributed by atoms with E-state index in [2.05, 4.69) is 175 Å². The van der Waals surface area contributed by atoms with Crippen molar-refractivity contribution < 1.29 is 4.74 Å². The zero-order valence-electron chi connectivity index (χ0n) is 27.9. The lowest BCUT2D eigenvalue weighted by atomic mass is 9.91. The maximum atomic E-state index is 6.35. The van der Waals surface area contributed by atoms with Crippen molar-refractivity contribution in [1.29, 1.82) is 0 Å². The summed E-state index contributed by atoms with van der Waals surface area (Å²) in [6.45, 7) is 0. The highest BCUT2D eigenvalue weighted by atomic mass is 32.2. The molecule has 7 aromatic rings. The molecule has 0 amide bonds. The fourth-order valence-electron chi connectivity index (χ4n) is 8.59. The van der Waals surface area contributed by atoms with Crippen LogP contribution in [0.4, 0.5) is 17.1 Å². The van der Waals surface area contributed by atoms with Gasteiger partial charge in [0, 0.05) is 39.4 Å². The number of fused-ring (bicyclic) bond motifs is 11. The lowest BCUT2D eigenvalue weighted by Gasteiger charge is -2.27. The summed E-state index contributed by atoms with van der Waals surface area (Å²) in [5.41, 5.74) is 8.54. The summed E-state index contributed by atoms with van der Waals surface area (Å²) < 4.78 is 6.35. The van der Waals surface area contributed by atoms with Gasteiger partial charge >= 0.3 is 0 Å². The molecule has 0 aromatic heterocycles. The van der Waals surface area contributed by atoms with Crippen molar-refractivity contribution >= 4 is 61.1 Å². The van der Waals surface area contributed by atoms with Gasteiger partial charge in [0.15, 0.2) is 0 Å². The van der Waals surface area contributed by atoms with Gasteiger partial charge in [-0.3, -0.25) is 0 Å². The predicted molar refractivity (Wildman–Crippen MR) is 215 cm³/mol. The summed E-state index contributed by atoms with van der Waals surface area (Å²) in [5.74, 6) is 1.69. The summed E-state index contributed by atoms with van der Waals surface area (Å²) in [7, 11) is 0. The van der Waals surface area contributed by atoms with Gasteiger partial charge in [0.25, 0.3) is 0 Å². The minimum atomic E-state index is 0.0617. The lowest BCUT2D eigenvalue weighted by Crippen LogP contribution is -2.15. The van der Waals surface area contributed by atoms with Crippen LogP contribution in [0.15, 0.2) is 180 Å². The number of anilines is 3. The van der Waals surface area contributed by atoms with Crippen LogP contribution in [-0.2, 0) is 0 Å². The van der Waals surface area contributed by atoms with Crippen molar-refractivity contribution in [2.75, 3.05) is 4.90 Å². The molecular weight excluding hydrogens is 639 g/mol. The second-order valence-corrected chi connectivity index (χ2v) is 15.1. The Kier molecular flexibility index (Phi) is 6.47. The number of benzene rings is 7. The largest absolute Gasteiger partial charge is 0.485 e. The highest BCUT2D eigenvalue weighted by molar-refractivity contribution is 8.03. The van der Waals surface area contributed by atoms with Crippen molar-refractivity contribution in [1.82, 2.24) is 0 Å². The van der Waals surface area contributed by atoms with Crippen LogP contribution in [0.2, 0.25) is 0 Å². The fraction of sp³-hybridized carbons (Fsp3) is 0.0833. The number of hydrogen-bond acceptors (Lipinski definition) is 3. The molecule has 2 nitrogen and oxygen atoms in total. The Morgan fingerprint density at radius 2 is 1.33 bits per heavy atom. The standard InChI is InChI=1S/C48H33NOS/c1-2-8-38-31(7-1)13-16-33-17-14-32-15-18-34(27-42(32)48(33)38)30-19-21-35(22-20-30)49(36-24-26-45-43(28-36)39-9-3-5-11-44(39)50-45)37-23-25-41-40-10-4-6-12-46(40)51-47(41)29-37/h1-9,11-29,39-40,44H,10H2. The number of nitrogens with zero attached hydrogens (tertiary/aromatic N) is 1. The van der Waals surface area contributed by atoms with Gasteiger partial charge in [-0.15, -0.1) is 0 Å². The summed E-state index contributed by atoms with van der Waals surface area (Å²) in [6.07, 6.45) is 16.6. The molecule has 51 heavy (non-hydrogen) atoms. The first-order chi connectivity index (χ1) is 25.2. The molecule has 2 aliphatic heterocycles. The molecule has 0 fully saturated rings. The maximum absolute atomic E-state index is 6.35. The van der Waals surface area contributed by atoms with E-state index in [0.717, 1.165) is 23.5 Å². The third kappa shape index (κ3) is 4.65. The molecule has 0 saturated heterocycles. The van der Waals surface area contributed by atoms with Gasteiger partial charge in [0.1, 0.15) is 11.9 Å². The molecule has 0 spiro atoms. The smallest absolute Gasteiger partial charge is 0.128 e. The van der Waals surface area contributed by atoms with Crippen LogP contribution in [0.3, 0.4) is 0 Å². The van der Waals surface area contributed by atoms with E-state index >= 15 is 0 Å². The number of hydrogen-bond donors (Lipinski definition) is 0. The Hall–Kier alpha value is -5.77. The van der Waals surface area contributed by atoms with Gasteiger partial charge in [-0.05, 0) is 115 Å². The number of thioether (sulfide) groups is 1. The summed E-state index contributed by atoms with van der Waals surface area (Å²) >= 11 is 1.93. The topological polar surface area (TPSA) is 12.5 Å². The first-order valence-electron chi connectivity index (χ1n) is 17.8. The molecule has 0 N–H and O–H groups in total. The Bertz CT molecular complexity index is 2690. The number of allylic oxidation sites excluding steroid dienone is 6. The minimum absolute atomic E-state index is 0.0617. The lowest BCUT2D eigenvalue weighted by molar-refractivity contribution is 0.269. The van der Waals surface area contributed by atoms with Crippen LogP contribution < -0.4 is 9.64 Å². The third-order valence-electron chi connectivity index (χ3n) is 11.1. The Morgan fingerprint density at radius 3 is 2.25 bits per heavy atom. The van der Waals surface area contributed by atoms with Crippen LogP contribution in [0.25, 0.3) is 43.4 Å². The minimum Gasteiger partial charge on any atom is -0.485 e. The molecule has 11 rings (SSSR count). The molecule has 0 radical (unpaired) electrons. The fourth-order valence-corrected chi connectivity index (χ4v) is 9.86. The average molecular weight is 672 g/mol. The maximum Gasteiger partial charge on any atom is 0.128 e. The van der Waals surface area contributed by atoms with E-state index in [-0.39, 0.29) is 12.0 Å². The van der Waals surface area contributed by atoms with Crippen molar-refractivity contribution in [2.45, 2.75) is 29.3 Å². The Labute approximate surface area is 301 Å². The quantitative estimate of drug-likeness (QED) is 0.173.